The standard InChI is InChI=1S/C8H7BrN4O/c9-4-1-2-6-5(3-4)7(13-12-6)8(14)11-10/h1-3H,10H2,(H,11,14)(H,12,13). The van der Waals surface area contributed by atoms with Crippen molar-refractivity contribution in [3.8, 4) is 0 Å². The minimum Gasteiger partial charge on any atom is -0.289 e. The molecule has 0 saturated heterocycles. The lowest BCUT2D eigenvalue weighted by atomic mass is 10.2. The first-order chi connectivity index (χ1) is 6.72. The molecule has 0 aliphatic heterocycles. The molecule has 0 bridgehead atoms. The molecule has 0 saturated carbocycles. The summed E-state index contributed by atoms with van der Waals surface area (Å²) < 4.78 is 0.887. The quantitative estimate of drug-likeness (QED) is 0.402. The monoisotopic (exact) mass is 254 g/mol. The highest BCUT2D eigenvalue weighted by molar-refractivity contribution is 9.10. The fourth-order valence-electron chi connectivity index (χ4n) is 1.23. The zero-order valence-corrected chi connectivity index (χ0v) is 8.63. The van der Waals surface area contributed by atoms with Gasteiger partial charge in [-0.1, -0.05) is 15.9 Å². The Balaban J connectivity index is 2.67. The molecule has 0 radical (unpaired) electrons. The molecule has 1 heterocycles. The fourth-order valence-corrected chi connectivity index (χ4v) is 1.59. The molecule has 0 atom stereocenters. The van der Waals surface area contributed by atoms with Crippen LogP contribution in [0.25, 0.3) is 10.9 Å². The van der Waals surface area contributed by atoms with Crippen molar-refractivity contribution in [1.82, 2.24) is 15.6 Å². The number of hydrazine groups is 1. The number of nitrogens with zero attached hydrogens (tertiary/aromatic N) is 1. The number of carbonyl (C=O) groups is 1. The summed E-state index contributed by atoms with van der Waals surface area (Å²) in [6.45, 7) is 0. The van der Waals surface area contributed by atoms with E-state index in [1.807, 2.05) is 23.6 Å². The molecule has 4 N–H and O–H groups in total. The number of fused-ring (bicyclic) bond motifs is 1. The van der Waals surface area contributed by atoms with Gasteiger partial charge in [0.15, 0.2) is 5.69 Å². The Kier molecular flexibility index (Phi) is 2.22. The maximum Gasteiger partial charge on any atom is 0.286 e. The summed E-state index contributed by atoms with van der Waals surface area (Å²) in [6, 6.07) is 5.51. The van der Waals surface area contributed by atoms with Crippen molar-refractivity contribution in [1.29, 1.82) is 0 Å². The third kappa shape index (κ3) is 1.38. The number of halogens is 1. The molecule has 0 spiro atoms. The Morgan fingerprint density at radius 1 is 1.57 bits per heavy atom. The second kappa shape index (κ2) is 3.39. The average Bonchev–Trinajstić information content (AvgIpc) is 2.59. The van der Waals surface area contributed by atoms with Crippen LogP contribution in [0.3, 0.4) is 0 Å². The summed E-state index contributed by atoms with van der Waals surface area (Å²) in [6.07, 6.45) is 0. The Morgan fingerprint density at radius 2 is 2.36 bits per heavy atom. The highest BCUT2D eigenvalue weighted by atomic mass is 79.9. The highest BCUT2D eigenvalue weighted by Gasteiger charge is 2.12. The van der Waals surface area contributed by atoms with Gasteiger partial charge in [-0.3, -0.25) is 15.3 Å². The number of rotatable bonds is 1. The summed E-state index contributed by atoms with van der Waals surface area (Å²) in [5.74, 6) is 4.62. The molecule has 5 nitrogen and oxygen atoms in total. The van der Waals surface area contributed by atoms with E-state index in [0.717, 1.165) is 15.4 Å². The lowest BCUT2D eigenvalue weighted by Gasteiger charge is -1.95. The van der Waals surface area contributed by atoms with Crippen LogP contribution in [0.5, 0.6) is 0 Å². The van der Waals surface area contributed by atoms with Gasteiger partial charge < -0.3 is 0 Å². The molecule has 1 amide bonds. The summed E-state index contributed by atoms with van der Waals surface area (Å²) in [4.78, 5) is 11.3. The van der Waals surface area contributed by atoms with Crippen LogP contribution in [0.15, 0.2) is 22.7 Å². The number of aromatic nitrogens is 2. The maximum absolute atomic E-state index is 11.3. The van der Waals surface area contributed by atoms with Crippen LogP contribution < -0.4 is 11.3 Å². The van der Waals surface area contributed by atoms with Crippen LogP contribution in [0.1, 0.15) is 10.5 Å². The van der Waals surface area contributed by atoms with Crippen LogP contribution in [0.4, 0.5) is 0 Å². The fraction of sp³-hybridized carbons (Fsp3) is 0. The number of aromatic amines is 1. The number of hydrogen-bond donors (Lipinski definition) is 3. The Hall–Kier alpha value is -1.40. The third-order valence-electron chi connectivity index (χ3n) is 1.87. The van der Waals surface area contributed by atoms with E-state index in [1.165, 1.54) is 0 Å². The largest absolute Gasteiger partial charge is 0.289 e. The van der Waals surface area contributed by atoms with Gasteiger partial charge >= 0.3 is 0 Å². The number of H-pyrrole nitrogens is 1. The molecule has 1 aromatic heterocycles. The predicted molar refractivity (Wildman–Crippen MR) is 55.4 cm³/mol. The number of benzene rings is 1. The third-order valence-corrected chi connectivity index (χ3v) is 2.36. The van der Waals surface area contributed by atoms with Crippen molar-refractivity contribution in [3.05, 3.63) is 28.4 Å². The Bertz CT molecular complexity index is 493. The van der Waals surface area contributed by atoms with Gasteiger partial charge in [-0.2, -0.15) is 5.10 Å². The zero-order chi connectivity index (χ0) is 10.1. The van der Waals surface area contributed by atoms with Crippen molar-refractivity contribution in [3.63, 3.8) is 0 Å². The number of nitrogens with one attached hydrogen (secondary N) is 2. The molecule has 14 heavy (non-hydrogen) atoms. The summed E-state index contributed by atoms with van der Waals surface area (Å²) in [5.41, 5.74) is 3.14. The maximum atomic E-state index is 11.3. The molecule has 1 aromatic carbocycles. The van der Waals surface area contributed by atoms with Crippen molar-refractivity contribution in [2.75, 3.05) is 0 Å². The molecule has 72 valence electrons. The van der Waals surface area contributed by atoms with E-state index in [2.05, 4.69) is 26.1 Å². The van der Waals surface area contributed by atoms with E-state index < -0.39 is 5.91 Å². The second-order valence-electron chi connectivity index (χ2n) is 2.74. The SMILES string of the molecule is NNC(=O)c1n[nH]c2ccc(Br)cc12. The molecule has 2 rings (SSSR count). The lowest BCUT2D eigenvalue weighted by molar-refractivity contribution is 0.0950. The Labute approximate surface area is 87.8 Å². The molecule has 0 fully saturated rings. The Morgan fingerprint density at radius 3 is 3.07 bits per heavy atom. The van der Waals surface area contributed by atoms with Gasteiger partial charge in [-0.05, 0) is 18.2 Å². The molecule has 0 aliphatic carbocycles. The first-order valence-electron chi connectivity index (χ1n) is 3.87. The van der Waals surface area contributed by atoms with Gasteiger partial charge in [0.2, 0.25) is 0 Å². The zero-order valence-electron chi connectivity index (χ0n) is 7.04. The van der Waals surface area contributed by atoms with E-state index in [1.54, 1.807) is 0 Å². The van der Waals surface area contributed by atoms with Crippen molar-refractivity contribution < 1.29 is 4.79 Å². The number of nitrogen functional groups attached to an aromatic ring is 1. The van der Waals surface area contributed by atoms with E-state index >= 15 is 0 Å². The number of hydrogen-bond acceptors (Lipinski definition) is 3. The number of carbonyl (C=O) groups excluding carboxylic acids is 1. The number of nitrogens with two attached hydrogens (primary N) is 1. The van der Waals surface area contributed by atoms with Crippen LogP contribution in [0.2, 0.25) is 0 Å². The van der Waals surface area contributed by atoms with Gasteiger partial charge in [0.25, 0.3) is 5.91 Å². The van der Waals surface area contributed by atoms with Gasteiger partial charge in [0.1, 0.15) is 0 Å². The topological polar surface area (TPSA) is 83.8 Å². The van der Waals surface area contributed by atoms with Crippen molar-refractivity contribution in [2.24, 2.45) is 5.84 Å². The molecule has 0 aliphatic rings. The highest BCUT2D eigenvalue weighted by Crippen LogP contribution is 2.20. The minimum absolute atomic E-state index is 0.295. The summed E-state index contributed by atoms with van der Waals surface area (Å²) in [7, 11) is 0. The van der Waals surface area contributed by atoms with Crippen LogP contribution in [-0.4, -0.2) is 16.1 Å². The van der Waals surface area contributed by atoms with Crippen LogP contribution in [-0.2, 0) is 0 Å². The normalized spacial score (nSPS) is 10.4. The van der Waals surface area contributed by atoms with E-state index in [4.69, 9.17) is 5.84 Å². The first-order valence-corrected chi connectivity index (χ1v) is 4.66. The van der Waals surface area contributed by atoms with E-state index in [9.17, 15) is 4.79 Å². The van der Waals surface area contributed by atoms with Crippen LogP contribution in [0, 0.1) is 0 Å². The smallest absolute Gasteiger partial charge is 0.286 e. The molecule has 0 unspecified atom stereocenters. The first kappa shape index (κ1) is 9.17. The van der Waals surface area contributed by atoms with Gasteiger partial charge in [0.05, 0.1) is 5.52 Å². The van der Waals surface area contributed by atoms with Gasteiger partial charge in [-0.15, -0.1) is 0 Å². The average molecular weight is 255 g/mol. The summed E-state index contributed by atoms with van der Waals surface area (Å²) in [5, 5.41) is 7.35. The molecule has 6 heteroatoms. The number of amides is 1. The lowest BCUT2D eigenvalue weighted by Crippen LogP contribution is -2.30. The van der Waals surface area contributed by atoms with Crippen LogP contribution >= 0.6 is 15.9 Å². The summed E-state index contributed by atoms with van der Waals surface area (Å²) >= 11 is 3.32. The predicted octanol–water partition coefficient (Wildman–Crippen LogP) is 0.929. The molecular weight excluding hydrogens is 248 g/mol. The molecule has 2 aromatic rings. The minimum atomic E-state index is -0.408. The molecular formula is C8H7BrN4O. The van der Waals surface area contributed by atoms with Gasteiger partial charge in [-0.25, -0.2) is 5.84 Å². The van der Waals surface area contributed by atoms with E-state index in [0.29, 0.717) is 5.69 Å². The van der Waals surface area contributed by atoms with Gasteiger partial charge in [0, 0.05) is 9.86 Å². The van der Waals surface area contributed by atoms with E-state index in [-0.39, 0.29) is 0 Å². The van der Waals surface area contributed by atoms with Crippen molar-refractivity contribution >= 4 is 32.7 Å². The second-order valence-corrected chi connectivity index (χ2v) is 3.65. The van der Waals surface area contributed by atoms with Crippen molar-refractivity contribution in [2.45, 2.75) is 0 Å².